The van der Waals surface area contributed by atoms with E-state index in [9.17, 15) is 9.18 Å². The van der Waals surface area contributed by atoms with Gasteiger partial charge in [0.2, 0.25) is 5.95 Å². The Balaban J connectivity index is 1.95. The molecule has 1 unspecified atom stereocenters. The third-order valence-corrected chi connectivity index (χ3v) is 5.60. The van der Waals surface area contributed by atoms with Crippen LogP contribution in [0.5, 0.6) is 0 Å². The van der Waals surface area contributed by atoms with Crippen LogP contribution in [0.4, 0.5) is 19.4 Å². The Morgan fingerprint density at radius 2 is 1.88 bits per heavy atom. The highest BCUT2D eigenvalue weighted by Crippen LogP contribution is 2.35. The Bertz CT molecular complexity index is 1010. The summed E-state index contributed by atoms with van der Waals surface area (Å²) in [6.45, 7) is 8.65. The van der Waals surface area contributed by atoms with E-state index in [0.717, 1.165) is 0 Å². The smallest absolute Gasteiger partial charge is 0.410 e. The second-order valence-corrected chi connectivity index (χ2v) is 9.78. The van der Waals surface area contributed by atoms with Gasteiger partial charge in [0.15, 0.2) is 16.8 Å². The molecule has 1 atom stereocenters. The molecule has 7 nitrogen and oxygen atoms in total. The van der Waals surface area contributed by atoms with E-state index in [0.29, 0.717) is 12.1 Å². The molecule has 1 fully saturated rings. The number of nitrogens with zero attached hydrogens (tertiary/aromatic N) is 5. The van der Waals surface area contributed by atoms with E-state index in [-0.39, 0.29) is 34.9 Å². The van der Waals surface area contributed by atoms with Crippen molar-refractivity contribution in [3.05, 3.63) is 34.5 Å². The summed E-state index contributed by atoms with van der Waals surface area (Å²) in [5, 5.41) is 0.0700. The first-order chi connectivity index (χ1) is 14.8. The molecule has 1 aliphatic rings. The van der Waals surface area contributed by atoms with Crippen LogP contribution in [-0.2, 0) is 4.74 Å². The van der Waals surface area contributed by atoms with Gasteiger partial charge in [0.1, 0.15) is 16.3 Å². The lowest BCUT2D eigenvalue weighted by Crippen LogP contribution is -2.62. The second-order valence-electron chi connectivity index (χ2n) is 9.04. The summed E-state index contributed by atoms with van der Waals surface area (Å²) >= 11 is 12.6. The number of ether oxygens (including phenoxy) is 1. The van der Waals surface area contributed by atoms with Crippen molar-refractivity contribution < 1.29 is 18.3 Å². The van der Waals surface area contributed by atoms with Crippen molar-refractivity contribution in [2.75, 3.05) is 24.5 Å². The van der Waals surface area contributed by atoms with E-state index in [1.807, 2.05) is 0 Å². The van der Waals surface area contributed by atoms with Gasteiger partial charge in [-0.3, -0.25) is 4.90 Å². The van der Waals surface area contributed by atoms with Gasteiger partial charge < -0.3 is 9.64 Å². The van der Waals surface area contributed by atoms with E-state index in [4.69, 9.17) is 27.9 Å². The molecule has 174 valence electrons. The van der Waals surface area contributed by atoms with Crippen molar-refractivity contribution >= 4 is 35.1 Å². The minimum Gasteiger partial charge on any atom is -0.444 e. The first kappa shape index (κ1) is 24.4. The molecule has 0 radical (unpaired) electrons. The summed E-state index contributed by atoms with van der Waals surface area (Å²) < 4.78 is 34.2. The molecule has 1 saturated heterocycles. The van der Waals surface area contributed by atoms with Gasteiger partial charge in [0.25, 0.3) is 0 Å². The Morgan fingerprint density at radius 3 is 2.47 bits per heavy atom. The minimum atomic E-state index is -1.74. The van der Waals surface area contributed by atoms with E-state index in [2.05, 4.69) is 15.0 Å². The van der Waals surface area contributed by atoms with Crippen molar-refractivity contribution in [1.82, 2.24) is 19.9 Å². The summed E-state index contributed by atoms with van der Waals surface area (Å²) in [5.41, 5.74) is -2.08. The molecule has 2 aromatic rings. The third-order valence-electron chi connectivity index (χ3n) is 4.88. The van der Waals surface area contributed by atoms with Crippen LogP contribution in [0.2, 0.25) is 10.2 Å². The predicted molar refractivity (Wildman–Crippen MR) is 119 cm³/mol. The maximum Gasteiger partial charge on any atom is 0.410 e. The summed E-state index contributed by atoms with van der Waals surface area (Å²) in [5.74, 6) is -0.262. The zero-order valence-electron chi connectivity index (χ0n) is 18.5. The number of halogens is 4. The molecule has 3 heterocycles. The summed E-state index contributed by atoms with van der Waals surface area (Å²) in [6, 6.07) is 1.88. The van der Waals surface area contributed by atoms with Gasteiger partial charge in [0, 0.05) is 37.5 Å². The molecular formula is C21H25Cl2F2N5O2. The number of anilines is 1. The topological polar surface area (TPSA) is 71.5 Å². The molecule has 0 N–H and O–H groups in total. The highest BCUT2D eigenvalue weighted by Gasteiger charge is 2.43. The van der Waals surface area contributed by atoms with Crippen molar-refractivity contribution in [2.24, 2.45) is 0 Å². The molecule has 3 rings (SSSR count). The van der Waals surface area contributed by atoms with E-state index in [1.54, 1.807) is 31.7 Å². The maximum absolute atomic E-state index is 15.2. The van der Waals surface area contributed by atoms with Crippen molar-refractivity contribution in [3.63, 3.8) is 0 Å². The fourth-order valence-corrected chi connectivity index (χ4v) is 3.76. The van der Waals surface area contributed by atoms with Crippen molar-refractivity contribution in [2.45, 2.75) is 51.9 Å². The number of hydrogen-bond acceptors (Lipinski definition) is 6. The lowest BCUT2D eigenvalue weighted by Gasteiger charge is -2.45. The molecule has 0 aromatic carbocycles. The van der Waals surface area contributed by atoms with Crippen LogP contribution in [0.1, 0.15) is 34.6 Å². The molecule has 1 aliphatic heterocycles. The summed E-state index contributed by atoms with van der Waals surface area (Å²) in [6.07, 6.45) is 0.699. The Morgan fingerprint density at radius 1 is 1.19 bits per heavy atom. The zero-order valence-corrected chi connectivity index (χ0v) is 20.0. The van der Waals surface area contributed by atoms with Gasteiger partial charge in [-0.25, -0.2) is 24.1 Å². The maximum atomic E-state index is 15.2. The Labute approximate surface area is 195 Å². The number of carbonyl (C=O) groups is 1. The molecule has 11 heteroatoms. The van der Waals surface area contributed by atoms with Gasteiger partial charge in [-0.05, 0) is 40.7 Å². The normalized spacial score (nSPS) is 17.5. The van der Waals surface area contributed by atoms with Crippen LogP contribution < -0.4 is 4.90 Å². The number of carbonyl (C=O) groups excluding carboxylic acids is 1. The SMILES string of the molecule is CC(C)(C)OC(=O)N1CCN(c2nc(-c3ccnc(F)c3)nc(Cl)c2Cl)CC1C(C)(C)F. The molecule has 32 heavy (non-hydrogen) atoms. The first-order valence-corrected chi connectivity index (χ1v) is 10.8. The van der Waals surface area contributed by atoms with E-state index in [1.165, 1.54) is 31.0 Å². The fourth-order valence-electron chi connectivity index (χ4n) is 3.39. The minimum absolute atomic E-state index is 0.0190. The monoisotopic (exact) mass is 487 g/mol. The number of amides is 1. The molecule has 0 bridgehead atoms. The fraction of sp³-hybridized carbons (Fsp3) is 0.524. The van der Waals surface area contributed by atoms with Crippen LogP contribution in [-0.4, -0.2) is 62.9 Å². The first-order valence-electron chi connectivity index (χ1n) is 10.0. The Kier molecular flexibility index (Phi) is 6.81. The largest absolute Gasteiger partial charge is 0.444 e. The standard InChI is InChI=1S/C21H25Cl2F2N5O2/c1-20(2,3)32-19(31)30-9-8-29(11-13(30)21(4,5)25)18-15(22)16(23)27-17(28-18)12-6-7-26-14(24)10-12/h6-7,10,13H,8-9,11H2,1-5H3. The van der Waals surface area contributed by atoms with Gasteiger partial charge in [0.05, 0.1) is 6.04 Å². The number of rotatable bonds is 3. The Hall–Kier alpha value is -2.26. The number of alkyl halides is 1. The lowest BCUT2D eigenvalue weighted by atomic mass is 9.96. The summed E-state index contributed by atoms with van der Waals surface area (Å²) in [7, 11) is 0. The highest BCUT2D eigenvalue weighted by molar-refractivity contribution is 6.42. The van der Waals surface area contributed by atoms with Crippen LogP contribution in [0.25, 0.3) is 11.4 Å². The molecule has 0 saturated carbocycles. The molecule has 0 aliphatic carbocycles. The second kappa shape index (κ2) is 8.94. The number of hydrogen-bond donors (Lipinski definition) is 0. The molecular weight excluding hydrogens is 463 g/mol. The zero-order chi connectivity index (χ0) is 23.8. The lowest BCUT2D eigenvalue weighted by molar-refractivity contribution is -0.0108. The van der Waals surface area contributed by atoms with Crippen LogP contribution >= 0.6 is 23.2 Å². The average Bonchev–Trinajstić information content (AvgIpc) is 2.67. The van der Waals surface area contributed by atoms with Crippen molar-refractivity contribution in [3.8, 4) is 11.4 Å². The van der Waals surface area contributed by atoms with Gasteiger partial charge >= 0.3 is 6.09 Å². The molecule has 2 aromatic heterocycles. The van der Waals surface area contributed by atoms with E-state index < -0.39 is 29.4 Å². The average molecular weight is 488 g/mol. The quantitative estimate of drug-likeness (QED) is 0.439. The van der Waals surface area contributed by atoms with Gasteiger partial charge in [-0.15, -0.1) is 0 Å². The highest BCUT2D eigenvalue weighted by atomic mass is 35.5. The number of pyridine rings is 1. The third kappa shape index (κ3) is 5.56. The number of piperazine rings is 1. The number of aromatic nitrogens is 3. The molecule has 0 spiro atoms. The van der Waals surface area contributed by atoms with Crippen molar-refractivity contribution in [1.29, 1.82) is 0 Å². The summed E-state index contributed by atoms with van der Waals surface area (Å²) in [4.78, 5) is 28.0. The predicted octanol–water partition coefficient (Wildman–Crippen LogP) is 5.16. The van der Waals surface area contributed by atoms with Gasteiger partial charge in [-0.1, -0.05) is 23.2 Å². The van der Waals surface area contributed by atoms with Gasteiger partial charge in [-0.2, -0.15) is 4.39 Å². The molecule has 1 amide bonds. The van der Waals surface area contributed by atoms with Crippen LogP contribution in [0.15, 0.2) is 18.3 Å². The van der Waals surface area contributed by atoms with E-state index >= 15 is 4.39 Å². The van der Waals surface area contributed by atoms with Crippen LogP contribution in [0, 0.1) is 5.95 Å². The van der Waals surface area contributed by atoms with Crippen LogP contribution in [0.3, 0.4) is 0 Å².